The molecule has 4 nitrogen and oxygen atoms in total. The Bertz CT molecular complexity index is 895. The minimum absolute atomic E-state index is 0.0886. The molecule has 8 heteroatoms. The predicted octanol–water partition coefficient (Wildman–Crippen LogP) is 3.21. The number of aromatic amines is 1. The van der Waals surface area contributed by atoms with E-state index in [-0.39, 0.29) is 11.4 Å². The highest BCUT2D eigenvalue weighted by atomic mass is 19.2. The molecule has 0 aliphatic carbocycles. The molecule has 120 valence electrons. The Balaban J connectivity index is 2.13. The van der Waals surface area contributed by atoms with Gasteiger partial charge in [0.2, 0.25) is 5.82 Å². The van der Waals surface area contributed by atoms with Crippen LogP contribution in [0.15, 0.2) is 24.3 Å². The number of H-pyrrole nitrogens is 1. The van der Waals surface area contributed by atoms with E-state index in [1.807, 2.05) is 0 Å². The van der Waals surface area contributed by atoms with Crippen LogP contribution in [0, 0.1) is 23.3 Å². The summed E-state index contributed by atoms with van der Waals surface area (Å²) >= 11 is 0. The van der Waals surface area contributed by atoms with Gasteiger partial charge in [-0.05, 0) is 24.3 Å². The zero-order valence-electron chi connectivity index (χ0n) is 11.7. The number of nitrogens with one attached hydrogen (secondary N) is 1. The lowest BCUT2D eigenvalue weighted by Gasteiger charge is -2.14. The van der Waals surface area contributed by atoms with Crippen LogP contribution < -0.4 is 4.74 Å². The van der Waals surface area contributed by atoms with E-state index in [9.17, 15) is 22.7 Å². The summed E-state index contributed by atoms with van der Waals surface area (Å²) in [6, 6.07) is 4.33. The van der Waals surface area contributed by atoms with Crippen molar-refractivity contribution in [3.05, 3.63) is 58.9 Å². The Hall–Kier alpha value is -2.61. The SMILES string of the molecule is COc1c(C(O)c2nc3ccc(F)cc3[nH]2)cc(F)c(F)c1F. The molecule has 0 aliphatic rings. The third-order valence-electron chi connectivity index (χ3n) is 3.37. The lowest BCUT2D eigenvalue weighted by Crippen LogP contribution is -2.08. The van der Waals surface area contributed by atoms with E-state index in [0.29, 0.717) is 17.1 Å². The van der Waals surface area contributed by atoms with Gasteiger partial charge in [-0.2, -0.15) is 4.39 Å². The van der Waals surface area contributed by atoms with Crippen molar-refractivity contribution < 1.29 is 27.4 Å². The minimum atomic E-state index is -1.70. The molecule has 0 fully saturated rings. The second-order valence-corrected chi connectivity index (χ2v) is 4.79. The van der Waals surface area contributed by atoms with Crippen LogP contribution in [0.3, 0.4) is 0 Å². The van der Waals surface area contributed by atoms with E-state index in [2.05, 4.69) is 9.97 Å². The molecule has 0 radical (unpaired) electrons. The molecule has 0 aliphatic heterocycles. The highest BCUT2D eigenvalue weighted by Crippen LogP contribution is 2.34. The standard InChI is InChI=1S/C15H10F4N2O2/c1-23-14-7(5-8(17)11(18)12(14)19)13(22)15-20-9-3-2-6(16)4-10(9)21-15/h2-5,13,22H,1H3,(H,20,21). The number of nitrogens with zero attached hydrogens (tertiary/aromatic N) is 1. The van der Waals surface area contributed by atoms with Gasteiger partial charge in [0.1, 0.15) is 17.7 Å². The lowest BCUT2D eigenvalue weighted by molar-refractivity contribution is 0.202. The van der Waals surface area contributed by atoms with Crippen LogP contribution in [0.1, 0.15) is 17.5 Å². The van der Waals surface area contributed by atoms with Gasteiger partial charge < -0.3 is 14.8 Å². The quantitative estimate of drug-likeness (QED) is 0.574. The lowest BCUT2D eigenvalue weighted by atomic mass is 10.1. The van der Waals surface area contributed by atoms with Gasteiger partial charge >= 0.3 is 0 Å². The van der Waals surface area contributed by atoms with Crippen molar-refractivity contribution in [1.82, 2.24) is 9.97 Å². The number of rotatable bonds is 3. The van der Waals surface area contributed by atoms with Crippen molar-refractivity contribution in [2.24, 2.45) is 0 Å². The van der Waals surface area contributed by atoms with Crippen LogP contribution in [0.25, 0.3) is 11.0 Å². The number of methoxy groups -OCH3 is 1. The zero-order valence-corrected chi connectivity index (χ0v) is 11.7. The van der Waals surface area contributed by atoms with Crippen LogP contribution >= 0.6 is 0 Å². The van der Waals surface area contributed by atoms with Crippen molar-refractivity contribution in [1.29, 1.82) is 0 Å². The second kappa shape index (κ2) is 5.54. The molecule has 0 amide bonds. The van der Waals surface area contributed by atoms with E-state index in [1.165, 1.54) is 12.1 Å². The summed E-state index contributed by atoms with van der Waals surface area (Å²) in [4.78, 5) is 6.67. The number of hydrogen-bond donors (Lipinski definition) is 2. The van der Waals surface area contributed by atoms with Gasteiger partial charge in [0.25, 0.3) is 0 Å². The first-order chi connectivity index (χ1) is 10.9. The van der Waals surface area contributed by atoms with Gasteiger partial charge in [0, 0.05) is 5.56 Å². The Morgan fingerprint density at radius 3 is 2.57 bits per heavy atom. The third kappa shape index (κ3) is 2.50. The fourth-order valence-electron chi connectivity index (χ4n) is 2.29. The smallest absolute Gasteiger partial charge is 0.204 e. The first kappa shape index (κ1) is 15.3. The van der Waals surface area contributed by atoms with Crippen LogP contribution in [0.4, 0.5) is 17.6 Å². The van der Waals surface area contributed by atoms with Gasteiger partial charge in [-0.3, -0.25) is 0 Å². The molecule has 2 aromatic carbocycles. The topological polar surface area (TPSA) is 58.1 Å². The number of hydrogen-bond acceptors (Lipinski definition) is 3. The molecule has 2 N–H and O–H groups in total. The summed E-state index contributed by atoms with van der Waals surface area (Å²) in [6.45, 7) is 0. The number of benzene rings is 2. The van der Waals surface area contributed by atoms with E-state index in [4.69, 9.17) is 4.74 Å². The fourth-order valence-corrected chi connectivity index (χ4v) is 2.29. The van der Waals surface area contributed by atoms with Gasteiger partial charge in [0.05, 0.1) is 18.1 Å². The Morgan fingerprint density at radius 1 is 1.13 bits per heavy atom. The number of halogens is 4. The Morgan fingerprint density at radius 2 is 1.87 bits per heavy atom. The predicted molar refractivity (Wildman–Crippen MR) is 73.0 cm³/mol. The molecule has 1 atom stereocenters. The Labute approximate surface area is 127 Å². The highest BCUT2D eigenvalue weighted by molar-refractivity contribution is 5.75. The maximum Gasteiger partial charge on any atom is 0.204 e. The zero-order chi connectivity index (χ0) is 16.7. The maximum atomic E-state index is 13.7. The van der Waals surface area contributed by atoms with Crippen molar-refractivity contribution >= 4 is 11.0 Å². The summed E-state index contributed by atoms with van der Waals surface area (Å²) in [7, 11) is 1.06. The normalized spacial score (nSPS) is 12.6. The summed E-state index contributed by atoms with van der Waals surface area (Å²) < 4.78 is 58.3. The van der Waals surface area contributed by atoms with Crippen LogP contribution in [0.5, 0.6) is 5.75 Å². The molecule has 0 bridgehead atoms. The summed E-state index contributed by atoms with van der Waals surface area (Å²) in [5, 5.41) is 10.3. The molecular formula is C15H10F4N2O2. The first-order valence-corrected chi connectivity index (χ1v) is 6.47. The van der Waals surface area contributed by atoms with Crippen molar-refractivity contribution in [3.8, 4) is 5.75 Å². The molecule has 0 spiro atoms. The van der Waals surface area contributed by atoms with E-state index < -0.39 is 35.1 Å². The summed E-state index contributed by atoms with van der Waals surface area (Å²) in [5.41, 5.74) is 0.298. The largest absolute Gasteiger partial charge is 0.493 e. The van der Waals surface area contributed by atoms with Gasteiger partial charge in [-0.1, -0.05) is 0 Å². The minimum Gasteiger partial charge on any atom is -0.493 e. The number of aliphatic hydroxyl groups is 1. The van der Waals surface area contributed by atoms with Gasteiger partial charge in [-0.25, -0.2) is 18.2 Å². The molecular weight excluding hydrogens is 316 g/mol. The number of fused-ring (bicyclic) bond motifs is 1. The van der Waals surface area contributed by atoms with E-state index in [1.54, 1.807) is 0 Å². The van der Waals surface area contributed by atoms with Crippen LogP contribution in [0.2, 0.25) is 0 Å². The molecule has 0 saturated carbocycles. The average molecular weight is 326 g/mol. The molecule has 1 unspecified atom stereocenters. The maximum absolute atomic E-state index is 13.7. The highest BCUT2D eigenvalue weighted by Gasteiger charge is 2.26. The molecule has 0 saturated heterocycles. The number of aliphatic hydroxyl groups excluding tert-OH is 1. The number of ether oxygens (including phenoxy) is 1. The van der Waals surface area contributed by atoms with Gasteiger partial charge in [-0.15, -0.1) is 0 Å². The average Bonchev–Trinajstić information content (AvgIpc) is 2.94. The molecule has 3 aromatic rings. The summed E-state index contributed by atoms with van der Waals surface area (Å²) in [5.74, 6) is -5.97. The molecule has 1 heterocycles. The van der Waals surface area contributed by atoms with Crippen molar-refractivity contribution in [3.63, 3.8) is 0 Å². The van der Waals surface area contributed by atoms with Gasteiger partial charge in [0.15, 0.2) is 17.4 Å². The molecule has 1 aromatic heterocycles. The van der Waals surface area contributed by atoms with E-state index in [0.717, 1.165) is 13.2 Å². The number of imidazole rings is 1. The second-order valence-electron chi connectivity index (χ2n) is 4.79. The number of aromatic nitrogens is 2. The van der Waals surface area contributed by atoms with Crippen molar-refractivity contribution in [2.75, 3.05) is 7.11 Å². The third-order valence-corrected chi connectivity index (χ3v) is 3.37. The van der Waals surface area contributed by atoms with Crippen LogP contribution in [-0.2, 0) is 0 Å². The molecule has 3 rings (SSSR count). The monoisotopic (exact) mass is 326 g/mol. The fraction of sp³-hybridized carbons (Fsp3) is 0.133. The van der Waals surface area contributed by atoms with E-state index >= 15 is 0 Å². The van der Waals surface area contributed by atoms with Crippen LogP contribution in [-0.4, -0.2) is 22.2 Å². The van der Waals surface area contributed by atoms with Crippen molar-refractivity contribution in [2.45, 2.75) is 6.10 Å². The first-order valence-electron chi connectivity index (χ1n) is 6.47. The summed E-state index contributed by atoms with van der Waals surface area (Å²) in [6.07, 6.45) is -1.62. The Kier molecular flexibility index (Phi) is 3.69. The molecule has 23 heavy (non-hydrogen) atoms.